The van der Waals surface area contributed by atoms with Crippen molar-refractivity contribution in [2.75, 3.05) is 0 Å². The molecule has 0 radical (unpaired) electrons. The van der Waals surface area contributed by atoms with Crippen LogP contribution in [0.1, 0.15) is 38.5 Å². The van der Waals surface area contributed by atoms with E-state index in [-0.39, 0.29) is 11.8 Å². The first kappa shape index (κ1) is 9.88. The zero-order valence-electron chi connectivity index (χ0n) is 8.52. The highest BCUT2D eigenvalue weighted by Crippen LogP contribution is 2.45. The number of rotatable bonds is 3. The molecule has 0 bridgehead atoms. The van der Waals surface area contributed by atoms with Crippen LogP contribution in [-0.2, 0) is 9.59 Å². The van der Waals surface area contributed by atoms with Crippen LogP contribution >= 0.6 is 0 Å². The Kier molecular flexibility index (Phi) is 2.99. The smallest absolute Gasteiger partial charge is 0.123 e. The van der Waals surface area contributed by atoms with Gasteiger partial charge >= 0.3 is 0 Å². The summed E-state index contributed by atoms with van der Waals surface area (Å²) in [6, 6.07) is 0. The fourth-order valence-corrected chi connectivity index (χ4v) is 3.44. The van der Waals surface area contributed by atoms with E-state index in [4.69, 9.17) is 0 Å². The molecule has 0 aliphatic heterocycles. The molecule has 0 heterocycles. The molecule has 0 spiro atoms. The number of carbonyl (C=O) groups excluding carboxylic acids is 2. The van der Waals surface area contributed by atoms with Gasteiger partial charge in [0.1, 0.15) is 12.6 Å². The lowest BCUT2D eigenvalue weighted by molar-refractivity contribution is -0.115. The van der Waals surface area contributed by atoms with Gasteiger partial charge in [0.05, 0.1) is 0 Å². The van der Waals surface area contributed by atoms with Crippen LogP contribution in [0.5, 0.6) is 0 Å². The first-order chi connectivity index (χ1) is 6.86. The summed E-state index contributed by atoms with van der Waals surface area (Å²) in [6.07, 6.45) is 9.03. The van der Waals surface area contributed by atoms with E-state index >= 15 is 0 Å². The SMILES string of the molecule is O=CC1CCC[C@H]1[C@H]1CCC[C@H]1C=O. The van der Waals surface area contributed by atoms with Crippen LogP contribution in [0, 0.1) is 23.7 Å². The van der Waals surface area contributed by atoms with E-state index in [1.807, 2.05) is 0 Å². The minimum atomic E-state index is 0.251. The van der Waals surface area contributed by atoms with Gasteiger partial charge in [-0.3, -0.25) is 0 Å². The molecule has 2 heteroatoms. The van der Waals surface area contributed by atoms with Crippen molar-refractivity contribution in [3.05, 3.63) is 0 Å². The molecule has 78 valence electrons. The molecule has 2 rings (SSSR count). The van der Waals surface area contributed by atoms with Crippen LogP contribution in [0.2, 0.25) is 0 Å². The lowest BCUT2D eigenvalue weighted by Gasteiger charge is -2.24. The molecule has 2 saturated carbocycles. The molecule has 0 aromatic heterocycles. The number of aldehydes is 2. The summed E-state index contributed by atoms with van der Waals surface area (Å²) >= 11 is 0. The largest absolute Gasteiger partial charge is 0.303 e. The number of hydrogen-bond donors (Lipinski definition) is 0. The van der Waals surface area contributed by atoms with Gasteiger partial charge in [-0.05, 0) is 37.5 Å². The Bertz CT molecular complexity index is 200. The predicted molar refractivity (Wildman–Crippen MR) is 53.8 cm³/mol. The molecule has 2 aliphatic rings. The highest BCUT2D eigenvalue weighted by atomic mass is 16.1. The van der Waals surface area contributed by atoms with Crippen LogP contribution in [-0.4, -0.2) is 12.6 Å². The van der Waals surface area contributed by atoms with Gasteiger partial charge in [0.15, 0.2) is 0 Å². The Morgan fingerprint density at radius 1 is 0.714 bits per heavy atom. The van der Waals surface area contributed by atoms with E-state index in [1.165, 1.54) is 25.7 Å². The van der Waals surface area contributed by atoms with Crippen molar-refractivity contribution in [1.29, 1.82) is 0 Å². The highest BCUT2D eigenvalue weighted by Gasteiger charge is 2.39. The van der Waals surface area contributed by atoms with Gasteiger partial charge in [-0.15, -0.1) is 0 Å². The summed E-state index contributed by atoms with van der Waals surface area (Å²) in [6.45, 7) is 0. The molecule has 2 fully saturated rings. The first-order valence-electron chi connectivity index (χ1n) is 5.77. The zero-order chi connectivity index (χ0) is 9.97. The lowest BCUT2D eigenvalue weighted by Crippen LogP contribution is -2.23. The standard InChI is InChI=1S/C12H18O2/c13-7-9-3-1-5-11(9)12-6-2-4-10(12)8-14/h7-12H,1-6H2/t9-,10?,11-,12+/m0/s1. The maximum absolute atomic E-state index is 10.9. The van der Waals surface area contributed by atoms with E-state index in [9.17, 15) is 9.59 Å². The molecule has 0 aromatic rings. The summed E-state index contributed by atoms with van der Waals surface area (Å²) < 4.78 is 0. The van der Waals surface area contributed by atoms with Crippen molar-refractivity contribution in [1.82, 2.24) is 0 Å². The van der Waals surface area contributed by atoms with E-state index in [0.29, 0.717) is 11.8 Å². The summed E-state index contributed by atoms with van der Waals surface area (Å²) in [4.78, 5) is 21.8. The molecule has 0 saturated heterocycles. The number of carbonyl (C=O) groups is 2. The van der Waals surface area contributed by atoms with Crippen LogP contribution in [0.15, 0.2) is 0 Å². The van der Waals surface area contributed by atoms with E-state index in [0.717, 1.165) is 25.4 Å². The predicted octanol–water partition coefficient (Wildman–Crippen LogP) is 2.22. The van der Waals surface area contributed by atoms with E-state index < -0.39 is 0 Å². The summed E-state index contributed by atoms with van der Waals surface area (Å²) in [5.74, 6) is 1.54. The third-order valence-electron chi connectivity index (χ3n) is 4.15. The molecule has 1 unspecified atom stereocenters. The van der Waals surface area contributed by atoms with E-state index in [1.54, 1.807) is 0 Å². The van der Waals surface area contributed by atoms with Gasteiger partial charge in [0.25, 0.3) is 0 Å². The summed E-state index contributed by atoms with van der Waals surface area (Å²) in [5.41, 5.74) is 0. The molecule has 2 nitrogen and oxygen atoms in total. The van der Waals surface area contributed by atoms with Crippen molar-refractivity contribution in [2.24, 2.45) is 23.7 Å². The Morgan fingerprint density at radius 2 is 1.14 bits per heavy atom. The topological polar surface area (TPSA) is 34.1 Å². The van der Waals surface area contributed by atoms with Crippen molar-refractivity contribution in [3.8, 4) is 0 Å². The van der Waals surface area contributed by atoms with Crippen molar-refractivity contribution in [3.63, 3.8) is 0 Å². The fourth-order valence-electron chi connectivity index (χ4n) is 3.44. The molecule has 2 aliphatic carbocycles. The van der Waals surface area contributed by atoms with Gasteiger partial charge < -0.3 is 9.59 Å². The average molecular weight is 194 g/mol. The van der Waals surface area contributed by atoms with Gasteiger partial charge in [-0.2, -0.15) is 0 Å². The zero-order valence-corrected chi connectivity index (χ0v) is 8.52. The van der Waals surface area contributed by atoms with Gasteiger partial charge in [0.2, 0.25) is 0 Å². The Labute approximate surface area is 85.1 Å². The van der Waals surface area contributed by atoms with Crippen LogP contribution in [0.4, 0.5) is 0 Å². The molecule has 0 aromatic carbocycles. The molecule has 0 amide bonds. The monoisotopic (exact) mass is 194 g/mol. The summed E-state index contributed by atoms with van der Waals surface area (Å²) in [7, 11) is 0. The lowest BCUT2D eigenvalue weighted by atomic mass is 9.79. The van der Waals surface area contributed by atoms with Crippen LogP contribution in [0.3, 0.4) is 0 Å². The third-order valence-corrected chi connectivity index (χ3v) is 4.15. The van der Waals surface area contributed by atoms with Crippen molar-refractivity contribution in [2.45, 2.75) is 38.5 Å². The van der Waals surface area contributed by atoms with Gasteiger partial charge in [-0.1, -0.05) is 12.8 Å². The fraction of sp³-hybridized carbons (Fsp3) is 0.833. The Hall–Kier alpha value is -0.660. The average Bonchev–Trinajstić information content (AvgIpc) is 2.85. The van der Waals surface area contributed by atoms with Crippen molar-refractivity contribution < 1.29 is 9.59 Å². The molecule has 0 N–H and O–H groups in total. The molecule has 14 heavy (non-hydrogen) atoms. The minimum Gasteiger partial charge on any atom is -0.303 e. The molecule has 4 atom stereocenters. The second-order valence-corrected chi connectivity index (χ2v) is 4.79. The third kappa shape index (κ3) is 1.62. The Morgan fingerprint density at radius 3 is 1.50 bits per heavy atom. The maximum atomic E-state index is 10.9. The van der Waals surface area contributed by atoms with Gasteiger partial charge in [-0.25, -0.2) is 0 Å². The second kappa shape index (κ2) is 4.24. The Balaban J connectivity index is 2.05. The minimum absolute atomic E-state index is 0.251. The quantitative estimate of drug-likeness (QED) is 0.645. The van der Waals surface area contributed by atoms with Crippen LogP contribution in [0.25, 0.3) is 0 Å². The first-order valence-corrected chi connectivity index (χ1v) is 5.77. The van der Waals surface area contributed by atoms with Crippen molar-refractivity contribution >= 4 is 12.6 Å². The van der Waals surface area contributed by atoms with E-state index in [2.05, 4.69) is 0 Å². The van der Waals surface area contributed by atoms with Crippen LogP contribution < -0.4 is 0 Å². The maximum Gasteiger partial charge on any atom is 0.123 e. The van der Waals surface area contributed by atoms with Gasteiger partial charge in [0, 0.05) is 11.8 Å². The number of hydrogen-bond acceptors (Lipinski definition) is 2. The molecular formula is C12H18O2. The normalized spacial score (nSPS) is 42.6. The molecular weight excluding hydrogens is 176 g/mol. The highest BCUT2D eigenvalue weighted by molar-refractivity contribution is 5.57. The summed E-state index contributed by atoms with van der Waals surface area (Å²) in [5, 5.41) is 0. The second-order valence-electron chi connectivity index (χ2n) is 4.79.